The van der Waals surface area contributed by atoms with Crippen molar-refractivity contribution in [3.05, 3.63) is 107 Å². The average molecular weight is 473 g/mol. The largest absolute Gasteiger partial charge is 0.461 e. The van der Waals surface area contributed by atoms with Crippen LogP contribution in [0.1, 0.15) is 24.0 Å². The molecule has 7 heteroatoms. The summed E-state index contributed by atoms with van der Waals surface area (Å²) in [6, 6.07) is 25.6. The van der Waals surface area contributed by atoms with Gasteiger partial charge < -0.3 is 9.47 Å². The number of hydrogen-bond donors (Lipinski definition) is 0. The normalized spacial score (nSPS) is 21.3. The van der Waals surface area contributed by atoms with Gasteiger partial charge in [-0.05, 0) is 42.8 Å². The lowest BCUT2D eigenvalue weighted by molar-refractivity contribution is -0.139. The SMILES string of the molecule is CCOC(=O)C1=NN(c2ccc(Cl)cc2)[C@]2(C=C(c3ccccc3)OC2=O)[C@@H]1c1ccccc1. The molecule has 1 spiro atoms. The predicted molar refractivity (Wildman–Crippen MR) is 130 cm³/mol. The van der Waals surface area contributed by atoms with Crippen molar-refractivity contribution in [3.63, 3.8) is 0 Å². The van der Waals surface area contributed by atoms with E-state index in [0.717, 1.165) is 11.1 Å². The lowest BCUT2D eigenvalue weighted by Gasteiger charge is -2.33. The van der Waals surface area contributed by atoms with Crippen molar-refractivity contribution in [2.75, 3.05) is 11.6 Å². The van der Waals surface area contributed by atoms with Crippen molar-refractivity contribution < 1.29 is 19.1 Å². The molecule has 0 N–H and O–H groups in total. The van der Waals surface area contributed by atoms with Gasteiger partial charge in [-0.3, -0.25) is 0 Å². The monoisotopic (exact) mass is 472 g/mol. The number of carbonyl (C=O) groups is 2. The molecule has 34 heavy (non-hydrogen) atoms. The molecule has 0 fully saturated rings. The lowest BCUT2D eigenvalue weighted by atomic mass is 9.76. The fraction of sp³-hybridized carbons (Fsp3) is 0.148. The third-order valence-electron chi connectivity index (χ3n) is 5.90. The van der Waals surface area contributed by atoms with Crippen LogP contribution in [0.15, 0.2) is 96.1 Å². The molecular formula is C27H21ClN2O4. The molecule has 170 valence electrons. The summed E-state index contributed by atoms with van der Waals surface area (Å²) in [4.78, 5) is 26.9. The molecule has 0 bridgehead atoms. The Labute approximate surface area is 202 Å². The molecule has 2 aliphatic rings. The molecule has 3 aromatic carbocycles. The number of benzene rings is 3. The fourth-order valence-electron chi connectivity index (χ4n) is 4.42. The van der Waals surface area contributed by atoms with Crippen molar-refractivity contribution in [2.24, 2.45) is 5.10 Å². The molecule has 0 aliphatic carbocycles. The molecule has 0 aromatic heterocycles. The first-order valence-electron chi connectivity index (χ1n) is 10.9. The van der Waals surface area contributed by atoms with Crippen LogP contribution in [-0.4, -0.2) is 29.8 Å². The molecule has 2 atom stereocenters. The van der Waals surface area contributed by atoms with Crippen LogP contribution in [0.25, 0.3) is 5.76 Å². The highest BCUT2D eigenvalue weighted by atomic mass is 35.5. The first-order chi connectivity index (χ1) is 16.5. The van der Waals surface area contributed by atoms with Gasteiger partial charge in [0.15, 0.2) is 11.3 Å². The number of carbonyl (C=O) groups excluding carboxylic acids is 2. The minimum absolute atomic E-state index is 0.130. The van der Waals surface area contributed by atoms with E-state index < -0.39 is 23.4 Å². The molecule has 2 aliphatic heterocycles. The molecule has 3 aromatic rings. The van der Waals surface area contributed by atoms with Crippen LogP contribution in [0.5, 0.6) is 0 Å². The maximum atomic E-state index is 13.8. The van der Waals surface area contributed by atoms with Crippen LogP contribution in [0.2, 0.25) is 5.02 Å². The smallest absolute Gasteiger partial charge is 0.355 e. The van der Waals surface area contributed by atoms with Crippen LogP contribution < -0.4 is 5.01 Å². The van der Waals surface area contributed by atoms with Gasteiger partial charge in [-0.25, -0.2) is 14.6 Å². The van der Waals surface area contributed by atoms with E-state index in [-0.39, 0.29) is 12.3 Å². The van der Waals surface area contributed by atoms with Gasteiger partial charge in [0.25, 0.3) is 0 Å². The topological polar surface area (TPSA) is 68.2 Å². The van der Waals surface area contributed by atoms with Crippen LogP contribution in [-0.2, 0) is 19.1 Å². The minimum atomic E-state index is -1.43. The van der Waals surface area contributed by atoms with Gasteiger partial charge in [0.1, 0.15) is 5.76 Å². The summed E-state index contributed by atoms with van der Waals surface area (Å²) in [5.74, 6) is -1.46. The standard InChI is InChI=1S/C27H21ClN2O4/c1-2-33-25(31)24-23(19-11-7-4-8-12-19)27(30(29-24)21-15-13-20(28)14-16-21)17-22(34-26(27)32)18-9-5-3-6-10-18/h3-17,23H,2H2,1H3/t23-,27-/m1/s1. The molecule has 5 rings (SSSR count). The molecule has 0 radical (unpaired) electrons. The van der Waals surface area contributed by atoms with E-state index in [1.807, 2.05) is 60.7 Å². The zero-order valence-electron chi connectivity index (χ0n) is 18.4. The molecule has 6 nitrogen and oxygen atoms in total. The summed E-state index contributed by atoms with van der Waals surface area (Å²) in [5, 5.41) is 6.75. The summed E-state index contributed by atoms with van der Waals surface area (Å²) in [7, 11) is 0. The Bertz CT molecular complexity index is 1290. The molecule has 0 saturated heterocycles. The summed E-state index contributed by atoms with van der Waals surface area (Å²) in [6.07, 6.45) is 1.76. The van der Waals surface area contributed by atoms with Crippen molar-refractivity contribution in [1.29, 1.82) is 0 Å². The number of rotatable bonds is 5. The maximum absolute atomic E-state index is 13.8. The van der Waals surface area contributed by atoms with Gasteiger partial charge in [0.2, 0.25) is 0 Å². The van der Waals surface area contributed by atoms with Gasteiger partial charge in [-0.15, -0.1) is 0 Å². The lowest BCUT2D eigenvalue weighted by Crippen LogP contribution is -2.51. The number of esters is 2. The van der Waals surface area contributed by atoms with E-state index in [1.54, 1.807) is 42.3 Å². The number of hydrazone groups is 1. The Morgan fingerprint density at radius 3 is 2.32 bits per heavy atom. The van der Waals surface area contributed by atoms with E-state index in [2.05, 4.69) is 5.10 Å². The average Bonchev–Trinajstić information content (AvgIpc) is 3.39. The Morgan fingerprint density at radius 1 is 1.03 bits per heavy atom. The van der Waals surface area contributed by atoms with Gasteiger partial charge in [-0.2, -0.15) is 5.10 Å². The van der Waals surface area contributed by atoms with Crippen LogP contribution in [0.3, 0.4) is 0 Å². The Kier molecular flexibility index (Phi) is 5.67. The number of anilines is 1. The molecular weight excluding hydrogens is 452 g/mol. The van der Waals surface area contributed by atoms with Crippen molar-refractivity contribution in [1.82, 2.24) is 0 Å². The summed E-state index contributed by atoms with van der Waals surface area (Å²) >= 11 is 6.11. The van der Waals surface area contributed by atoms with E-state index in [4.69, 9.17) is 21.1 Å². The number of cyclic esters (lactones) is 1. The van der Waals surface area contributed by atoms with Gasteiger partial charge >= 0.3 is 11.9 Å². The van der Waals surface area contributed by atoms with Gasteiger partial charge in [0, 0.05) is 10.6 Å². The highest BCUT2D eigenvalue weighted by Gasteiger charge is 2.62. The third kappa shape index (κ3) is 3.56. The van der Waals surface area contributed by atoms with Crippen LogP contribution in [0, 0.1) is 0 Å². The second-order valence-corrected chi connectivity index (χ2v) is 8.36. The van der Waals surface area contributed by atoms with Crippen LogP contribution in [0.4, 0.5) is 5.69 Å². The van der Waals surface area contributed by atoms with Crippen molar-refractivity contribution in [3.8, 4) is 0 Å². The van der Waals surface area contributed by atoms with Crippen LogP contribution >= 0.6 is 11.6 Å². The third-order valence-corrected chi connectivity index (χ3v) is 6.15. The summed E-state index contributed by atoms with van der Waals surface area (Å²) < 4.78 is 11.2. The second-order valence-electron chi connectivity index (χ2n) is 7.93. The van der Waals surface area contributed by atoms with Gasteiger partial charge in [-0.1, -0.05) is 72.3 Å². The summed E-state index contributed by atoms with van der Waals surface area (Å²) in [5.41, 5.74) is 0.786. The molecule has 0 unspecified atom stereocenters. The molecule has 0 amide bonds. The Hall–Kier alpha value is -3.90. The van der Waals surface area contributed by atoms with E-state index in [0.29, 0.717) is 16.5 Å². The summed E-state index contributed by atoms with van der Waals surface area (Å²) in [6.45, 7) is 1.91. The predicted octanol–water partition coefficient (Wildman–Crippen LogP) is 5.20. The highest BCUT2D eigenvalue weighted by molar-refractivity contribution is 6.41. The number of ether oxygens (including phenoxy) is 2. The Morgan fingerprint density at radius 2 is 1.68 bits per heavy atom. The first-order valence-corrected chi connectivity index (χ1v) is 11.3. The quantitative estimate of drug-likeness (QED) is 0.477. The van der Waals surface area contributed by atoms with E-state index in [9.17, 15) is 9.59 Å². The maximum Gasteiger partial charge on any atom is 0.355 e. The van der Waals surface area contributed by atoms with Crippen molar-refractivity contribution in [2.45, 2.75) is 18.4 Å². The van der Waals surface area contributed by atoms with Gasteiger partial charge in [0.05, 0.1) is 18.2 Å². The first kappa shape index (κ1) is 21.9. The zero-order valence-corrected chi connectivity index (χ0v) is 19.1. The number of hydrogen-bond acceptors (Lipinski definition) is 6. The molecule has 0 saturated carbocycles. The van der Waals surface area contributed by atoms with E-state index >= 15 is 0 Å². The number of nitrogens with zero attached hydrogens (tertiary/aromatic N) is 2. The number of halogens is 1. The minimum Gasteiger partial charge on any atom is -0.461 e. The fourth-order valence-corrected chi connectivity index (χ4v) is 4.54. The van der Waals surface area contributed by atoms with E-state index in [1.165, 1.54) is 0 Å². The highest BCUT2D eigenvalue weighted by Crippen LogP contribution is 2.49. The molecule has 2 heterocycles. The second kappa shape index (κ2) is 8.80. The Balaban J connectivity index is 1.75. The van der Waals surface area contributed by atoms with Crippen molar-refractivity contribution >= 4 is 40.7 Å². The zero-order chi connectivity index (χ0) is 23.7.